The van der Waals surface area contributed by atoms with Gasteiger partial charge in [-0.25, -0.2) is 4.39 Å². The normalized spacial score (nSPS) is 13.0. The third-order valence-corrected chi connectivity index (χ3v) is 2.48. The summed E-state index contributed by atoms with van der Waals surface area (Å²) in [4.78, 5) is 0. The summed E-state index contributed by atoms with van der Waals surface area (Å²) in [5, 5.41) is 10.8. The van der Waals surface area contributed by atoms with Gasteiger partial charge in [0.15, 0.2) is 0 Å². The number of hydrogen-bond donors (Lipinski definition) is 1. The summed E-state index contributed by atoms with van der Waals surface area (Å²) in [6.45, 7) is 1.73. The number of aliphatic hydroxyl groups excluding tert-OH is 1. The molecule has 2 heteroatoms. The Morgan fingerprint density at radius 2 is 1.80 bits per heavy atom. The Morgan fingerprint density at radius 1 is 1.13 bits per heavy atom. The lowest BCUT2D eigenvalue weighted by Crippen LogP contribution is -2.04. The van der Waals surface area contributed by atoms with Crippen molar-refractivity contribution in [2.75, 3.05) is 0 Å². The van der Waals surface area contributed by atoms with Crippen LogP contribution < -0.4 is 0 Å². The zero-order chi connectivity index (χ0) is 10.8. The highest BCUT2D eigenvalue weighted by atomic mass is 19.1. The lowest BCUT2D eigenvalue weighted by molar-refractivity contribution is 0.196. The Hall–Kier alpha value is -1.41. The second-order valence-electron chi connectivity index (χ2n) is 3.81. The smallest absolute Gasteiger partial charge is 0.131 e. The summed E-state index contributed by atoms with van der Waals surface area (Å²) >= 11 is 0. The van der Waals surface area contributed by atoms with Crippen LogP contribution in [0, 0.1) is 5.82 Å². The van der Waals surface area contributed by atoms with Crippen molar-refractivity contribution in [2.24, 2.45) is 0 Å². The van der Waals surface area contributed by atoms with Crippen molar-refractivity contribution < 1.29 is 9.50 Å². The van der Waals surface area contributed by atoms with Crippen LogP contribution in [0.3, 0.4) is 0 Å². The standard InChI is InChI=1S/C13H13FO/c1-9(15)8-10-6-7-13(14)12-5-3-2-4-11(10)12/h2-7,9,15H,8H2,1H3/t9-/m1/s1. The van der Waals surface area contributed by atoms with Crippen molar-refractivity contribution in [3.05, 3.63) is 47.8 Å². The topological polar surface area (TPSA) is 20.2 Å². The second-order valence-corrected chi connectivity index (χ2v) is 3.81. The van der Waals surface area contributed by atoms with Crippen molar-refractivity contribution in [3.63, 3.8) is 0 Å². The van der Waals surface area contributed by atoms with E-state index in [2.05, 4.69) is 0 Å². The van der Waals surface area contributed by atoms with Gasteiger partial charge in [-0.05, 0) is 30.4 Å². The molecule has 0 bridgehead atoms. The van der Waals surface area contributed by atoms with Crippen molar-refractivity contribution in [1.29, 1.82) is 0 Å². The zero-order valence-electron chi connectivity index (χ0n) is 8.57. The highest BCUT2D eigenvalue weighted by Gasteiger charge is 2.06. The Kier molecular flexibility index (Phi) is 2.69. The predicted molar refractivity (Wildman–Crippen MR) is 59.3 cm³/mol. The number of aliphatic hydroxyl groups is 1. The first-order valence-electron chi connectivity index (χ1n) is 5.02. The molecule has 1 N–H and O–H groups in total. The summed E-state index contributed by atoms with van der Waals surface area (Å²) in [5.74, 6) is -0.208. The molecule has 0 spiro atoms. The van der Waals surface area contributed by atoms with Crippen LogP contribution in [0.5, 0.6) is 0 Å². The Bertz CT molecular complexity index is 477. The van der Waals surface area contributed by atoms with Gasteiger partial charge >= 0.3 is 0 Å². The summed E-state index contributed by atoms with van der Waals surface area (Å²) in [5.41, 5.74) is 0.988. The number of rotatable bonds is 2. The monoisotopic (exact) mass is 204 g/mol. The molecule has 0 saturated heterocycles. The molecule has 0 unspecified atom stereocenters. The molecule has 2 aromatic carbocycles. The fourth-order valence-electron chi connectivity index (χ4n) is 1.82. The molecule has 0 aliphatic rings. The average molecular weight is 204 g/mol. The van der Waals surface area contributed by atoms with Crippen LogP contribution >= 0.6 is 0 Å². The maximum Gasteiger partial charge on any atom is 0.131 e. The van der Waals surface area contributed by atoms with Gasteiger partial charge in [-0.15, -0.1) is 0 Å². The molecule has 0 aliphatic carbocycles. The molecule has 2 rings (SSSR count). The van der Waals surface area contributed by atoms with E-state index < -0.39 is 6.10 Å². The van der Waals surface area contributed by atoms with Gasteiger partial charge in [-0.3, -0.25) is 0 Å². The van der Waals surface area contributed by atoms with E-state index in [-0.39, 0.29) is 5.82 Å². The van der Waals surface area contributed by atoms with E-state index in [9.17, 15) is 9.50 Å². The second kappa shape index (κ2) is 3.99. The molecular formula is C13H13FO. The van der Waals surface area contributed by atoms with Crippen LogP contribution in [0.25, 0.3) is 10.8 Å². The van der Waals surface area contributed by atoms with Gasteiger partial charge in [0.1, 0.15) is 5.82 Å². The van der Waals surface area contributed by atoms with Gasteiger partial charge in [0.2, 0.25) is 0 Å². The molecule has 2 aromatic rings. The summed E-state index contributed by atoms with van der Waals surface area (Å²) < 4.78 is 13.4. The average Bonchev–Trinajstić information content (AvgIpc) is 2.22. The molecule has 15 heavy (non-hydrogen) atoms. The lowest BCUT2D eigenvalue weighted by atomic mass is 10.00. The van der Waals surface area contributed by atoms with Crippen LogP contribution in [-0.4, -0.2) is 11.2 Å². The minimum absolute atomic E-state index is 0.208. The molecule has 0 aliphatic heterocycles. The third kappa shape index (κ3) is 2.00. The van der Waals surface area contributed by atoms with E-state index in [0.29, 0.717) is 11.8 Å². The van der Waals surface area contributed by atoms with Crippen molar-refractivity contribution in [1.82, 2.24) is 0 Å². The maximum absolute atomic E-state index is 13.4. The zero-order valence-corrected chi connectivity index (χ0v) is 8.57. The van der Waals surface area contributed by atoms with Crippen molar-refractivity contribution in [3.8, 4) is 0 Å². The van der Waals surface area contributed by atoms with E-state index in [4.69, 9.17) is 0 Å². The summed E-state index contributed by atoms with van der Waals surface area (Å²) in [6.07, 6.45) is 0.153. The molecule has 0 amide bonds. The van der Waals surface area contributed by atoms with E-state index >= 15 is 0 Å². The SMILES string of the molecule is C[C@@H](O)Cc1ccc(F)c2ccccc12. The minimum Gasteiger partial charge on any atom is -0.393 e. The Balaban J connectivity index is 2.61. The quantitative estimate of drug-likeness (QED) is 0.797. The highest BCUT2D eigenvalue weighted by molar-refractivity contribution is 5.86. The van der Waals surface area contributed by atoms with E-state index in [1.54, 1.807) is 19.1 Å². The molecule has 0 saturated carbocycles. The van der Waals surface area contributed by atoms with Crippen LogP contribution in [0.4, 0.5) is 4.39 Å². The number of benzene rings is 2. The van der Waals surface area contributed by atoms with Gasteiger partial charge < -0.3 is 5.11 Å². The van der Waals surface area contributed by atoms with E-state index in [1.807, 2.05) is 18.2 Å². The Morgan fingerprint density at radius 3 is 2.47 bits per heavy atom. The molecule has 0 aromatic heterocycles. The first-order chi connectivity index (χ1) is 7.18. The maximum atomic E-state index is 13.4. The lowest BCUT2D eigenvalue weighted by Gasteiger charge is -2.08. The fourth-order valence-corrected chi connectivity index (χ4v) is 1.82. The van der Waals surface area contributed by atoms with E-state index in [1.165, 1.54) is 6.07 Å². The molecule has 0 radical (unpaired) electrons. The van der Waals surface area contributed by atoms with Crippen LogP contribution in [0.15, 0.2) is 36.4 Å². The third-order valence-electron chi connectivity index (χ3n) is 2.48. The molecule has 1 nitrogen and oxygen atoms in total. The van der Waals surface area contributed by atoms with Gasteiger partial charge in [-0.2, -0.15) is 0 Å². The number of fused-ring (bicyclic) bond motifs is 1. The minimum atomic E-state index is -0.404. The molecular weight excluding hydrogens is 191 g/mol. The van der Waals surface area contributed by atoms with Gasteiger partial charge in [0.25, 0.3) is 0 Å². The predicted octanol–water partition coefficient (Wildman–Crippen LogP) is 2.90. The van der Waals surface area contributed by atoms with Crippen LogP contribution in [0.1, 0.15) is 12.5 Å². The first kappa shape index (κ1) is 10.1. The summed E-state index contributed by atoms with van der Waals surface area (Å²) in [6, 6.07) is 10.5. The fraction of sp³-hybridized carbons (Fsp3) is 0.231. The van der Waals surface area contributed by atoms with Gasteiger partial charge in [0, 0.05) is 5.39 Å². The Labute approximate surface area is 88.2 Å². The van der Waals surface area contributed by atoms with Crippen LogP contribution in [0.2, 0.25) is 0 Å². The molecule has 0 heterocycles. The van der Waals surface area contributed by atoms with Gasteiger partial charge in [-0.1, -0.05) is 30.3 Å². The van der Waals surface area contributed by atoms with Crippen molar-refractivity contribution in [2.45, 2.75) is 19.4 Å². The van der Waals surface area contributed by atoms with Crippen molar-refractivity contribution >= 4 is 10.8 Å². The van der Waals surface area contributed by atoms with Crippen LogP contribution in [-0.2, 0) is 6.42 Å². The number of hydrogen-bond acceptors (Lipinski definition) is 1. The van der Waals surface area contributed by atoms with Gasteiger partial charge in [0.05, 0.1) is 6.10 Å². The molecule has 1 atom stereocenters. The molecule has 0 fully saturated rings. The highest BCUT2D eigenvalue weighted by Crippen LogP contribution is 2.22. The van der Waals surface area contributed by atoms with E-state index in [0.717, 1.165) is 10.9 Å². The first-order valence-corrected chi connectivity index (χ1v) is 5.02. The largest absolute Gasteiger partial charge is 0.393 e. The number of halogens is 1. The molecule has 78 valence electrons. The summed E-state index contributed by atoms with van der Waals surface area (Å²) in [7, 11) is 0.